The third-order valence-corrected chi connectivity index (χ3v) is 3.08. The van der Waals surface area contributed by atoms with Gasteiger partial charge in [-0.15, -0.1) is 0 Å². The molecule has 4 heteroatoms. The van der Waals surface area contributed by atoms with E-state index in [4.69, 9.17) is 5.73 Å². The summed E-state index contributed by atoms with van der Waals surface area (Å²) in [4.78, 5) is 7.61. The number of nitrogens with one attached hydrogen (secondary N) is 1. The van der Waals surface area contributed by atoms with Crippen LogP contribution in [0.4, 0.5) is 4.39 Å². The highest BCUT2D eigenvalue weighted by Crippen LogP contribution is 2.22. The summed E-state index contributed by atoms with van der Waals surface area (Å²) in [5, 5.41) is 0. The fourth-order valence-electron chi connectivity index (χ4n) is 2.16. The van der Waals surface area contributed by atoms with Crippen molar-refractivity contribution in [2.24, 2.45) is 5.73 Å². The highest BCUT2D eigenvalue weighted by atomic mass is 19.1. The second kappa shape index (κ2) is 4.82. The minimum atomic E-state index is -0.264. The smallest absolute Gasteiger partial charge is 0.138 e. The van der Waals surface area contributed by atoms with Gasteiger partial charge in [0, 0.05) is 5.56 Å². The molecule has 2 aromatic carbocycles. The molecule has 3 rings (SSSR count). The molecule has 0 aliphatic rings. The predicted molar refractivity (Wildman–Crippen MR) is 74.2 cm³/mol. The third-order valence-electron chi connectivity index (χ3n) is 3.08. The Morgan fingerprint density at radius 2 is 2.05 bits per heavy atom. The number of nitrogens with two attached hydrogens (primary N) is 1. The number of hydrogen-bond acceptors (Lipinski definition) is 2. The van der Waals surface area contributed by atoms with E-state index in [9.17, 15) is 4.39 Å². The molecule has 0 bridgehead atoms. The highest BCUT2D eigenvalue weighted by Gasteiger charge is 2.06. The molecule has 0 aliphatic heterocycles. The Labute approximate surface area is 110 Å². The van der Waals surface area contributed by atoms with Crippen LogP contribution in [0.25, 0.3) is 22.4 Å². The Bertz CT molecular complexity index is 718. The summed E-state index contributed by atoms with van der Waals surface area (Å²) in [5.74, 6) is 0.485. The standard InChI is InChI=1S/C15H14FN3/c16-12-4-5-13-14(9-12)19-15(18-13)11-3-1-2-10(8-11)6-7-17/h1-5,8-9H,6-7,17H2,(H,18,19). The normalized spacial score (nSPS) is 11.1. The van der Waals surface area contributed by atoms with Crippen LogP contribution in [0.15, 0.2) is 42.5 Å². The summed E-state index contributed by atoms with van der Waals surface area (Å²) in [5.41, 5.74) is 9.20. The molecule has 0 radical (unpaired) electrons. The predicted octanol–water partition coefficient (Wildman–Crippen LogP) is 2.87. The lowest BCUT2D eigenvalue weighted by Gasteiger charge is -2.01. The van der Waals surface area contributed by atoms with E-state index in [2.05, 4.69) is 16.0 Å². The molecule has 0 atom stereocenters. The summed E-state index contributed by atoms with van der Waals surface area (Å²) in [7, 11) is 0. The summed E-state index contributed by atoms with van der Waals surface area (Å²) in [6, 6.07) is 12.6. The molecular formula is C15H14FN3. The Balaban J connectivity index is 2.05. The Morgan fingerprint density at radius 3 is 2.89 bits per heavy atom. The van der Waals surface area contributed by atoms with Gasteiger partial charge in [0.25, 0.3) is 0 Å². The van der Waals surface area contributed by atoms with Gasteiger partial charge in [0.05, 0.1) is 11.0 Å². The number of imidazole rings is 1. The lowest BCUT2D eigenvalue weighted by molar-refractivity contribution is 0.629. The first-order valence-electron chi connectivity index (χ1n) is 6.21. The van der Waals surface area contributed by atoms with Crippen molar-refractivity contribution >= 4 is 11.0 Å². The van der Waals surface area contributed by atoms with Gasteiger partial charge in [0.15, 0.2) is 0 Å². The van der Waals surface area contributed by atoms with Crippen LogP contribution in [0, 0.1) is 5.82 Å². The van der Waals surface area contributed by atoms with Gasteiger partial charge in [0.2, 0.25) is 0 Å². The summed E-state index contributed by atoms with van der Waals surface area (Å²) in [6.07, 6.45) is 0.836. The quantitative estimate of drug-likeness (QED) is 0.756. The number of aromatic amines is 1. The van der Waals surface area contributed by atoms with Crippen molar-refractivity contribution in [3.8, 4) is 11.4 Å². The van der Waals surface area contributed by atoms with E-state index < -0.39 is 0 Å². The van der Waals surface area contributed by atoms with Gasteiger partial charge in [-0.05, 0) is 42.8 Å². The molecule has 0 saturated heterocycles. The molecule has 0 unspecified atom stereocenters. The van der Waals surface area contributed by atoms with Crippen molar-refractivity contribution in [1.82, 2.24) is 9.97 Å². The van der Waals surface area contributed by atoms with Crippen LogP contribution in [0.2, 0.25) is 0 Å². The number of fused-ring (bicyclic) bond motifs is 1. The average molecular weight is 255 g/mol. The zero-order chi connectivity index (χ0) is 13.2. The molecule has 3 nitrogen and oxygen atoms in total. The molecule has 0 saturated carbocycles. The van der Waals surface area contributed by atoms with Crippen LogP contribution in [0.5, 0.6) is 0 Å². The molecule has 19 heavy (non-hydrogen) atoms. The molecule has 3 N–H and O–H groups in total. The van der Waals surface area contributed by atoms with Crippen molar-refractivity contribution in [1.29, 1.82) is 0 Å². The zero-order valence-electron chi connectivity index (χ0n) is 10.4. The number of hydrogen-bond donors (Lipinski definition) is 2. The van der Waals surface area contributed by atoms with Gasteiger partial charge >= 0.3 is 0 Å². The minimum Gasteiger partial charge on any atom is -0.338 e. The zero-order valence-corrected chi connectivity index (χ0v) is 10.4. The van der Waals surface area contributed by atoms with Gasteiger partial charge in [-0.2, -0.15) is 0 Å². The van der Waals surface area contributed by atoms with Crippen molar-refractivity contribution in [2.45, 2.75) is 6.42 Å². The van der Waals surface area contributed by atoms with Crippen LogP contribution in [-0.2, 0) is 6.42 Å². The van der Waals surface area contributed by atoms with E-state index in [1.165, 1.54) is 17.7 Å². The van der Waals surface area contributed by atoms with Gasteiger partial charge in [-0.3, -0.25) is 0 Å². The number of H-pyrrole nitrogens is 1. The maximum absolute atomic E-state index is 13.2. The van der Waals surface area contributed by atoms with E-state index >= 15 is 0 Å². The summed E-state index contributed by atoms with van der Waals surface area (Å²) >= 11 is 0. The lowest BCUT2D eigenvalue weighted by atomic mass is 10.1. The fraction of sp³-hybridized carbons (Fsp3) is 0.133. The van der Waals surface area contributed by atoms with Crippen LogP contribution in [0.1, 0.15) is 5.56 Å². The average Bonchev–Trinajstić information content (AvgIpc) is 2.82. The number of nitrogens with zero attached hydrogens (tertiary/aromatic N) is 1. The van der Waals surface area contributed by atoms with E-state index in [-0.39, 0.29) is 5.82 Å². The summed E-state index contributed by atoms with van der Waals surface area (Å²) < 4.78 is 13.2. The van der Waals surface area contributed by atoms with Crippen molar-refractivity contribution in [3.63, 3.8) is 0 Å². The van der Waals surface area contributed by atoms with Crippen LogP contribution < -0.4 is 5.73 Å². The molecule has 0 aliphatic carbocycles. The maximum atomic E-state index is 13.2. The third kappa shape index (κ3) is 2.35. The second-order valence-electron chi connectivity index (χ2n) is 4.49. The first-order valence-corrected chi connectivity index (χ1v) is 6.21. The van der Waals surface area contributed by atoms with Gasteiger partial charge < -0.3 is 10.7 Å². The Kier molecular flexibility index (Phi) is 3.01. The SMILES string of the molecule is NCCc1cccc(-c2nc3ccc(F)cc3[nH]2)c1. The minimum absolute atomic E-state index is 0.264. The van der Waals surface area contributed by atoms with E-state index in [1.54, 1.807) is 6.07 Å². The number of benzene rings is 2. The van der Waals surface area contributed by atoms with Crippen molar-refractivity contribution in [3.05, 3.63) is 53.8 Å². The van der Waals surface area contributed by atoms with Gasteiger partial charge in [0.1, 0.15) is 11.6 Å². The van der Waals surface area contributed by atoms with Gasteiger partial charge in [-0.25, -0.2) is 9.37 Å². The highest BCUT2D eigenvalue weighted by molar-refractivity contribution is 5.79. The van der Waals surface area contributed by atoms with E-state index in [0.717, 1.165) is 23.3 Å². The number of rotatable bonds is 3. The molecule has 1 heterocycles. The molecular weight excluding hydrogens is 241 g/mol. The molecule has 1 aromatic heterocycles. The molecule has 3 aromatic rings. The topological polar surface area (TPSA) is 54.7 Å². The van der Waals surface area contributed by atoms with Gasteiger partial charge in [-0.1, -0.05) is 18.2 Å². The van der Waals surface area contributed by atoms with Crippen molar-refractivity contribution < 1.29 is 4.39 Å². The first kappa shape index (κ1) is 11.9. The Hall–Kier alpha value is -2.20. The number of aromatic nitrogens is 2. The monoisotopic (exact) mass is 255 g/mol. The molecule has 0 spiro atoms. The molecule has 0 amide bonds. The molecule has 0 fully saturated rings. The maximum Gasteiger partial charge on any atom is 0.138 e. The van der Waals surface area contributed by atoms with E-state index in [1.807, 2.05) is 18.2 Å². The fourth-order valence-corrected chi connectivity index (χ4v) is 2.16. The largest absolute Gasteiger partial charge is 0.338 e. The molecule has 96 valence electrons. The van der Waals surface area contributed by atoms with Crippen LogP contribution in [0.3, 0.4) is 0 Å². The first-order chi connectivity index (χ1) is 9.26. The van der Waals surface area contributed by atoms with E-state index in [0.29, 0.717) is 12.1 Å². The Morgan fingerprint density at radius 1 is 1.16 bits per heavy atom. The van der Waals surface area contributed by atoms with Crippen molar-refractivity contribution in [2.75, 3.05) is 6.54 Å². The second-order valence-corrected chi connectivity index (χ2v) is 4.49. The van der Waals surface area contributed by atoms with Crippen LogP contribution >= 0.6 is 0 Å². The lowest BCUT2D eigenvalue weighted by Crippen LogP contribution is -2.02. The number of halogens is 1. The van der Waals surface area contributed by atoms with Crippen LogP contribution in [-0.4, -0.2) is 16.5 Å². The summed E-state index contributed by atoms with van der Waals surface area (Å²) in [6.45, 7) is 0.620.